The molecule has 0 aliphatic heterocycles. The normalized spacial score (nSPS) is 30.5. The second-order valence-electron chi connectivity index (χ2n) is 3.77. The minimum atomic E-state index is -1.30. The molecule has 0 heterocycles. The molecule has 14 heavy (non-hydrogen) atoms. The Labute approximate surface area is 88.9 Å². The largest absolute Gasteiger partial charge is 0.385 e. The predicted molar refractivity (Wildman–Crippen MR) is 51.7 cm³/mol. The Morgan fingerprint density at radius 1 is 1.43 bits per heavy atom. The van der Waals surface area contributed by atoms with Gasteiger partial charge in [-0.05, 0) is 24.5 Å². The maximum atomic E-state index is 13.4. The minimum absolute atomic E-state index is 0.0762. The van der Waals surface area contributed by atoms with Crippen molar-refractivity contribution in [1.82, 2.24) is 0 Å². The van der Waals surface area contributed by atoms with E-state index in [4.69, 9.17) is 0 Å². The lowest BCUT2D eigenvalue weighted by atomic mass is 10.0. The molecule has 1 aliphatic carbocycles. The summed E-state index contributed by atoms with van der Waals surface area (Å²) in [7, 11) is 0. The third-order valence-corrected chi connectivity index (χ3v) is 3.17. The maximum Gasteiger partial charge on any atom is 0.133 e. The second-order valence-corrected chi connectivity index (χ2v) is 4.69. The van der Waals surface area contributed by atoms with Crippen LogP contribution in [0.2, 0.25) is 0 Å². The van der Waals surface area contributed by atoms with Crippen molar-refractivity contribution < 1.29 is 13.9 Å². The highest BCUT2D eigenvalue weighted by molar-refractivity contribution is 9.10. The van der Waals surface area contributed by atoms with E-state index in [2.05, 4.69) is 15.9 Å². The van der Waals surface area contributed by atoms with E-state index in [-0.39, 0.29) is 11.5 Å². The minimum Gasteiger partial charge on any atom is -0.385 e. The smallest absolute Gasteiger partial charge is 0.133 e. The Morgan fingerprint density at radius 2 is 1.86 bits per heavy atom. The van der Waals surface area contributed by atoms with Crippen molar-refractivity contribution in [3.05, 3.63) is 33.8 Å². The molecule has 2 rings (SSSR count). The summed E-state index contributed by atoms with van der Waals surface area (Å²) >= 11 is 2.99. The molecule has 1 aromatic carbocycles. The average Bonchev–Trinajstić information content (AvgIpc) is 2.56. The van der Waals surface area contributed by atoms with Crippen molar-refractivity contribution in [1.29, 1.82) is 0 Å². The predicted octanol–water partition coefficient (Wildman–Crippen LogP) is 2.95. The fraction of sp³-hybridized carbons (Fsp3) is 0.400. The van der Waals surface area contributed by atoms with Gasteiger partial charge in [0, 0.05) is 4.47 Å². The quantitative estimate of drug-likeness (QED) is 0.825. The van der Waals surface area contributed by atoms with Crippen LogP contribution in [0.1, 0.15) is 18.9 Å². The average molecular weight is 263 g/mol. The van der Waals surface area contributed by atoms with E-state index in [1.165, 1.54) is 12.1 Å². The Bertz CT molecular complexity index is 371. The number of rotatable bonds is 1. The molecule has 1 aliphatic rings. The maximum absolute atomic E-state index is 13.4. The first kappa shape index (κ1) is 10.1. The fourth-order valence-electron chi connectivity index (χ4n) is 1.71. The van der Waals surface area contributed by atoms with E-state index >= 15 is 0 Å². The van der Waals surface area contributed by atoms with Gasteiger partial charge >= 0.3 is 0 Å². The van der Waals surface area contributed by atoms with Gasteiger partial charge in [0.25, 0.3) is 0 Å². The van der Waals surface area contributed by atoms with Crippen molar-refractivity contribution in [2.24, 2.45) is 5.92 Å². The van der Waals surface area contributed by atoms with Gasteiger partial charge in [-0.1, -0.05) is 22.9 Å². The lowest BCUT2D eigenvalue weighted by Gasteiger charge is -2.12. The van der Waals surface area contributed by atoms with Crippen LogP contribution in [0.5, 0.6) is 0 Å². The zero-order chi connectivity index (χ0) is 10.5. The van der Waals surface area contributed by atoms with Crippen molar-refractivity contribution in [3.8, 4) is 0 Å². The number of benzene rings is 1. The van der Waals surface area contributed by atoms with Gasteiger partial charge in [0.05, 0.1) is 11.2 Å². The summed E-state index contributed by atoms with van der Waals surface area (Å²) in [5, 5.41) is 9.83. The molecule has 2 unspecified atom stereocenters. The van der Waals surface area contributed by atoms with E-state index in [1.807, 2.05) is 0 Å². The SMILES string of the molecule is CC1CC1(O)c1c(F)cc(Br)cc1F. The summed E-state index contributed by atoms with van der Waals surface area (Å²) in [5.41, 5.74) is -1.50. The highest BCUT2D eigenvalue weighted by atomic mass is 79.9. The topological polar surface area (TPSA) is 20.2 Å². The van der Waals surface area contributed by atoms with Gasteiger partial charge in [0.15, 0.2) is 0 Å². The van der Waals surface area contributed by atoms with Crippen LogP contribution in [0, 0.1) is 17.6 Å². The van der Waals surface area contributed by atoms with Crippen molar-refractivity contribution in [2.75, 3.05) is 0 Å². The molecule has 0 saturated heterocycles. The van der Waals surface area contributed by atoms with Gasteiger partial charge in [-0.15, -0.1) is 0 Å². The monoisotopic (exact) mass is 262 g/mol. The molecule has 1 fully saturated rings. The van der Waals surface area contributed by atoms with Gasteiger partial charge in [0.1, 0.15) is 11.6 Å². The highest BCUT2D eigenvalue weighted by Crippen LogP contribution is 2.53. The van der Waals surface area contributed by atoms with E-state index in [0.717, 1.165) is 0 Å². The first-order chi connectivity index (χ1) is 6.45. The van der Waals surface area contributed by atoms with E-state index in [0.29, 0.717) is 10.9 Å². The zero-order valence-electron chi connectivity index (χ0n) is 7.52. The van der Waals surface area contributed by atoms with Crippen molar-refractivity contribution in [2.45, 2.75) is 18.9 Å². The zero-order valence-corrected chi connectivity index (χ0v) is 9.11. The molecule has 1 nitrogen and oxygen atoms in total. The molecule has 4 heteroatoms. The van der Waals surface area contributed by atoms with Crippen LogP contribution in [-0.2, 0) is 5.60 Å². The third-order valence-electron chi connectivity index (χ3n) is 2.71. The van der Waals surface area contributed by atoms with Crippen LogP contribution >= 0.6 is 15.9 Å². The van der Waals surface area contributed by atoms with Crippen molar-refractivity contribution in [3.63, 3.8) is 0 Å². The molecular weight excluding hydrogens is 254 g/mol. The summed E-state index contributed by atoms with van der Waals surface area (Å²) < 4.78 is 27.1. The molecule has 1 N–H and O–H groups in total. The number of halogens is 3. The Morgan fingerprint density at radius 3 is 2.21 bits per heavy atom. The lowest BCUT2D eigenvalue weighted by Crippen LogP contribution is -2.13. The number of hydrogen-bond acceptors (Lipinski definition) is 1. The van der Waals surface area contributed by atoms with Gasteiger partial charge in [-0.25, -0.2) is 8.78 Å². The molecule has 1 saturated carbocycles. The number of aliphatic hydroxyl groups is 1. The van der Waals surface area contributed by atoms with Gasteiger partial charge < -0.3 is 5.11 Å². The van der Waals surface area contributed by atoms with Crippen LogP contribution in [0.15, 0.2) is 16.6 Å². The highest BCUT2D eigenvalue weighted by Gasteiger charge is 2.54. The molecule has 0 aromatic heterocycles. The molecule has 0 bridgehead atoms. The molecule has 2 atom stereocenters. The molecule has 0 amide bonds. The number of hydrogen-bond donors (Lipinski definition) is 1. The second kappa shape index (κ2) is 3.00. The lowest BCUT2D eigenvalue weighted by molar-refractivity contribution is 0.125. The summed E-state index contributed by atoms with van der Waals surface area (Å²) in [6.45, 7) is 1.76. The molecule has 1 aromatic rings. The van der Waals surface area contributed by atoms with Crippen LogP contribution < -0.4 is 0 Å². The summed E-state index contributed by atoms with van der Waals surface area (Å²) in [6.07, 6.45) is 0.419. The van der Waals surface area contributed by atoms with Gasteiger partial charge in [-0.2, -0.15) is 0 Å². The summed E-state index contributed by atoms with van der Waals surface area (Å²) in [4.78, 5) is 0. The van der Waals surface area contributed by atoms with Crippen LogP contribution in [-0.4, -0.2) is 5.11 Å². The molecule has 76 valence electrons. The fourth-order valence-corrected chi connectivity index (χ4v) is 2.11. The standard InChI is InChI=1S/C10H9BrF2O/c1-5-4-10(5,14)9-7(12)2-6(11)3-8(9)13/h2-3,5,14H,4H2,1H3. The first-order valence-electron chi connectivity index (χ1n) is 4.32. The van der Waals surface area contributed by atoms with E-state index in [1.54, 1.807) is 6.92 Å². The first-order valence-corrected chi connectivity index (χ1v) is 5.12. The summed E-state index contributed by atoms with van der Waals surface area (Å²) in [6, 6.07) is 2.34. The Kier molecular flexibility index (Phi) is 2.16. The van der Waals surface area contributed by atoms with E-state index in [9.17, 15) is 13.9 Å². The van der Waals surface area contributed by atoms with Crippen LogP contribution in [0.25, 0.3) is 0 Å². The van der Waals surface area contributed by atoms with Crippen LogP contribution in [0.4, 0.5) is 8.78 Å². The van der Waals surface area contributed by atoms with Gasteiger partial charge in [0.2, 0.25) is 0 Å². The van der Waals surface area contributed by atoms with Crippen LogP contribution in [0.3, 0.4) is 0 Å². The summed E-state index contributed by atoms with van der Waals surface area (Å²) in [5.74, 6) is -1.46. The Hall–Kier alpha value is -0.480. The van der Waals surface area contributed by atoms with Gasteiger partial charge in [-0.3, -0.25) is 0 Å². The molecule has 0 spiro atoms. The molecular formula is C10H9BrF2O. The molecule has 0 radical (unpaired) electrons. The Balaban J connectivity index is 2.54. The van der Waals surface area contributed by atoms with Crippen molar-refractivity contribution >= 4 is 15.9 Å². The van der Waals surface area contributed by atoms with E-state index < -0.39 is 17.2 Å². The third kappa shape index (κ3) is 1.37.